The van der Waals surface area contributed by atoms with Gasteiger partial charge in [0.25, 0.3) is 0 Å². The van der Waals surface area contributed by atoms with Gasteiger partial charge in [0, 0.05) is 0 Å². The van der Waals surface area contributed by atoms with Crippen molar-refractivity contribution < 1.29 is 0 Å². The molecule has 0 unspecified atom stereocenters. The van der Waals surface area contributed by atoms with Crippen LogP contribution in [0, 0.1) is 90.7 Å². The lowest BCUT2D eigenvalue weighted by molar-refractivity contribution is 0.0989. The van der Waals surface area contributed by atoms with E-state index in [9.17, 15) is 0 Å². The van der Waals surface area contributed by atoms with Gasteiger partial charge in [0.1, 0.15) is 0 Å². The molecule has 0 aromatic heterocycles. The lowest BCUT2D eigenvalue weighted by atomic mass is 9.64. The molecule has 0 N–H and O–H groups in total. The molecule has 0 aromatic rings. The molecule has 4 aliphatic carbocycles. The Morgan fingerprint density at radius 1 is 0.179 bits per heavy atom. The SMILES string of the molecule is CC(C)(C)CC1CC(CC(C)(C)C)C1.CC(C)(C)CC1CC(CC(C)(C)C)C1.CC(C)(C)CC1CC(CC(C)(C)C)C1.CC(C)(C)CC1CC(CC(C)(C)C)C1. The van der Waals surface area contributed by atoms with Crippen molar-refractivity contribution in [1.82, 2.24) is 0 Å². The summed E-state index contributed by atoms with van der Waals surface area (Å²) in [5.41, 5.74) is 4.31. The van der Waals surface area contributed by atoms with Crippen LogP contribution in [-0.2, 0) is 0 Å². The smallest absolute Gasteiger partial charge is 0.0380 e. The first-order valence-corrected chi connectivity index (χ1v) is 24.6. The van der Waals surface area contributed by atoms with Crippen molar-refractivity contribution in [2.75, 3.05) is 0 Å². The minimum atomic E-state index is 0.539. The largest absolute Gasteiger partial charge is 0.0602 e. The van der Waals surface area contributed by atoms with Crippen molar-refractivity contribution in [3.8, 4) is 0 Å². The Morgan fingerprint density at radius 3 is 0.304 bits per heavy atom. The lowest BCUT2D eigenvalue weighted by Crippen LogP contribution is -2.30. The van der Waals surface area contributed by atoms with E-state index in [1.54, 1.807) is 0 Å². The van der Waals surface area contributed by atoms with Gasteiger partial charge in [-0.3, -0.25) is 0 Å². The van der Waals surface area contributed by atoms with Crippen molar-refractivity contribution >= 4 is 0 Å². The highest BCUT2D eigenvalue weighted by molar-refractivity contribution is 4.88. The van der Waals surface area contributed by atoms with Crippen LogP contribution in [0.25, 0.3) is 0 Å². The van der Waals surface area contributed by atoms with Gasteiger partial charge in [-0.15, -0.1) is 0 Å². The molecule has 336 valence electrons. The van der Waals surface area contributed by atoms with Crippen LogP contribution in [0.5, 0.6) is 0 Å². The van der Waals surface area contributed by atoms with Gasteiger partial charge >= 0.3 is 0 Å². The highest BCUT2D eigenvalue weighted by atomic mass is 14.4. The number of hydrogen-bond acceptors (Lipinski definition) is 0. The van der Waals surface area contributed by atoms with Crippen LogP contribution in [0.1, 0.15) is 269 Å². The summed E-state index contributed by atoms with van der Waals surface area (Å²) in [5.74, 6) is 8.24. The van der Waals surface area contributed by atoms with Crippen molar-refractivity contribution in [2.45, 2.75) is 269 Å². The zero-order chi connectivity index (χ0) is 43.9. The van der Waals surface area contributed by atoms with E-state index in [0.717, 1.165) is 47.3 Å². The quantitative estimate of drug-likeness (QED) is 0.230. The molecule has 0 bridgehead atoms. The highest BCUT2D eigenvalue weighted by Gasteiger charge is 2.37. The van der Waals surface area contributed by atoms with Crippen molar-refractivity contribution in [3.63, 3.8) is 0 Å². The summed E-state index contributed by atoms with van der Waals surface area (Å²) in [4.78, 5) is 0. The molecule has 0 aromatic carbocycles. The molecule has 4 saturated carbocycles. The minimum Gasteiger partial charge on any atom is -0.0602 e. The third-order valence-electron chi connectivity index (χ3n) is 12.5. The van der Waals surface area contributed by atoms with E-state index in [4.69, 9.17) is 0 Å². The van der Waals surface area contributed by atoms with Gasteiger partial charge in [0.2, 0.25) is 0 Å². The fourth-order valence-corrected chi connectivity index (χ4v) is 11.8. The van der Waals surface area contributed by atoms with Crippen molar-refractivity contribution in [2.24, 2.45) is 90.7 Å². The Kier molecular flexibility index (Phi) is 20.0. The summed E-state index contributed by atoms with van der Waals surface area (Å²) >= 11 is 0. The van der Waals surface area contributed by atoms with Crippen molar-refractivity contribution in [3.05, 3.63) is 0 Å². The topological polar surface area (TPSA) is 0 Å². The van der Waals surface area contributed by atoms with Crippen LogP contribution in [0.3, 0.4) is 0 Å². The molecule has 4 aliphatic rings. The van der Waals surface area contributed by atoms with E-state index in [1.807, 2.05) is 0 Å². The summed E-state index contributed by atoms with van der Waals surface area (Å²) < 4.78 is 0. The second kappa shape index (κ2) is 20.7. The second-order valence-corrected chi connectivity index (χ2v) is 30.9. The first kappa shape index (κ1) is 54.0. The van der Waals surface area contributed by atoms with Crippen molar-refractivity contribution in [1.29, 1.82) is 0 Å². The van der Waals surface area contributed by atoms with Gasteiger partial charge in [0.15, 0.2) is 0 Å². The molecule has 0 nitrogen and oxygen atoms in total. The van der Waals surface area contributed by atoms with Gasteiger partial charge < -0.3 is 0 Å². The Labute approximate surface area is 358 Å². The maximum atomic E-state index is 2.37. The summed E-state index contributed by atoms with van der Waals surface area (Å²) in [6, 6.07) is 0. The summed E-state index contributed by atoms with van der Waals surface area (Å²) in [6.45, 7) is 56.8. The standard InChI is InChI=1S/4C14H28/c4*1-13(2,3)9-11-7-12(8-11)10-14(4,5)6/h4*11-12H,7-10H2,1-6H3. The van der Waals surface area contributed by atoms with Crippen LogP contribution in [-0.4, -0.2) is 0 Å². The average Bonchev–Trinajstić information content (AvgIpc) is 2.78. The first-order valence-electron chi connectivity index (χ1n) is 24.6. The molecule has 0 spiro atoms. The Hall–Kier alpha value is 0. The van der Waals surface area contributed by atoms with Crippen LogP contribution in [0.4, 0.5) is 0 Å². The molecule has 0 atom stereocenters. The normalized spacial score (nSPS) is 28.7. The zero-order valence-corrected chi connectivity index (χ0v) is 43.9. The molecule has 0 heterocycles. The van der Waals surface area contributed by atoms with Crippen LogP contribution >= 0.6 is 0 Å². The fraction of sp³-hybridized carbons (Fsp3) is 1.00. The van der Waals surface area contributed by atoms with Crippen LogP contribution < -0.4 is 0 Å². The second-order valence-electron chi connectivity index (χ2n) is 30.9. The average molecular weight is 786 g/mol. The predicted octanol–water partition coefficient (Wildman–Crippen LogP) is 19.5. The minimum absolute atomic E-state index is 0.539. The molecule has 56 heavy (non-hydrogen) atoms. The molecule has 0 amide bonds. The Balaban J connectivity index is 0.000000373. The highest BCUT2D eigenvalue weighted by Crippen LogP contribution is 2.49. The van der Waals surface area contributed by atoms with E-state index < -0.39 is 0 Å². The van der Waals surface area contributed by atoms with Gasteiger partial charge in [0.05, 0.1) is 0 Å². The van der Waals surface area contributed by atoms with E-state index in [2.05, 4.69) is 166 Å². The van der Waals surface area contributed by atoms with Gasteiger partial charge in [-0.25, -0.2) is 0 Å². The molecule has 0 saturated heterocycles. The third-order valence-corrected chi connectivity index (χ3v) is 12.5. The monoisotopic (exact) mass is 785 g/mol. The predicted molar refractivity (Wildman–Crippen MR) is 257 cm³/mol. The Bertz CT molecular complexity index is 781. The van der Waals surface area contributed by atoms with E-state index in [0.29, 0.717) is 43.3 Å². The van der Waals surface area contributed by atoms with Gasteiger partial charge in [-0.1, -0.05) is 166 Å². The Morgan fingerprint density at radius 2 is 0.250 bits per heavy atom. The summed E-state index contributed by atoms with van der Waals surface area (Å²) in [7, 11) is 0. The molecule has 4 rings (SSSR count). The molecule has 0 heteroatoms. The molecule has 0 aliphatic heterocycles. The zero-order valence-electron chi connectivity index (χ0n) is 43.9. The maximum absolute atomic E-state index is 2.37. The van der Waals surface area contributed by atoms with Gasteiger partial charge in [-0.2, -0.15) is 0 Å². The molecule has 4 fully saturated rings. The maximum Gasteiger partial charge on any atom is -0.0380 e. The molecule has 0 radical (unpaired) electrons. The molecular formula is C56H112. The van der Waals surface area contributed by atoms with Crippen LogP contribution in [0.2, 0.25) is 0 Å². The van der Waals surface area contributed by atoms with Gasteiger partial charge in [-0.05, 0) is 193 Å². The van der Waals surface area contributed by atoms with Crippen LogP contribution in [0.15, 0.2) is 0 Å². The van der Waals surface area contributed by atoms with E-state index in [1.165, 1.54) is 103 Å². The number of hydrogen-bond donors (Lipinski definition) is 0. The third kappa shape index (κ3) is 29.3. The molecular weight excluding hydrogens is 673 g/mol. The lowest BCUT2D eigenvalue weighted by Gasteiger charge is -2.41. The van der Waals surface area contributed by atoms with E-state index >= 15 is 0 Å². The fourth-order valence-electron chi connectivity index (χ4n) is 11.8. The first-order chi connectivity index (χ1) is 24.6. The number of rotatable bonds is 8. The summed E-state index contributed by atoms with van der Waals surface area (Å²) in [6.07, 6.45) is 23.4. The summed E-state index contributed by atoms with van der Waals surface area (Å²) in [5, 5.41) is 0. The van der Waals surface area contributed by atoms with E-state index in [-0.39, 0.29) is 0 Å².